The van der Waals surface area contributed by atoms with Crippen LogP contribution in [0.25, 0.3) is 0 Å². The van der Waals surface area contributed by atoms with Crippen molar-refractivity contribution in [1.29, 1.82) is 0 Å². The summed E-state index contributed by atoms with van der Waals surface area (Å²) in [7, 11) is 0. The maximum absolute atomic E-state index is 12.2. The molecule has 1 atom stereocenters. The van der Waals surface area contributed by atoms with Crippen LogP contribution in [0.5, 0.6) is 0 Å². The number of nitrogens with zero attached hydrogens (tertiary/aromatic N) is 1. The highest BCUT2D eigenvalue weighted by Crippen LogP contribution is 2.42. The number of aldehydes is 1. The summed E-state index contributed by atoms with van der Waals surface area (Å²) in [6.45, 7) is 1.26. The van der Waals surface area contributed by atoms with Gasteiger partial charge in [0.2, 0.25) is 5.78 Å². The Balaban J connectivity index is 2.02. The van der Waals surface area contributed by atoms with Crippen molar-refractivity contribution >= 4 is 43.9 Å². The first-order chi connectivity index (χ1) is 10.6. The standard InChI is InChI=1S/C17H13Br2NO2/c18-13-6-7-14(19)16-12(13)9-20(17(16)15(22)10-21)8-11-4-2-1-3-5-11/h1-7,10,17H,8-9H2. The van der Waals surface area contributed by atoms with Gasteiger partial charge >= 0.3 is 0 Å². The predicted octanol–water partition coefficient (Wildman–Crippen LogP) is 4.04. The summed E-state index contributed by atoms with van der Waals surface area (Å²) in [5.74, 6) is -0.409. The minimum Gasteiger partial charge on any atom is -0.295 e. The lowest BCUT2D eigenvalue weighted by atomic mass is 10.0. The van der Waals surface area contributed by atoms with E-state index in [1.54, 1.807) is 0 Å². The third kappa shape index (κ3) is 2.81. The summed E-state index contributed by atoms with van der Waals surface area (Å²) in [6, 6.07) is 13.3. The summed E-state index contributed by atoms with van der Waals surface area (Å²) in [5, 5.41) is 0. The second-order valence-corrected chi connectivity index (χ2v) is 6.94. The van der Waals surface area contributed by atoms with Crippen molar-refractivity contribution in [2.75, 3.05) is 0 Å². The molecule has 0 spiro atoms. The Morgan fingerprint density at radius 3 is 2.50 bits per heavy atom. The smallest absolute Gasteiger partial charge is 0.216 e. The van der Waals surface area contributed by atoms with Crippen molar-refractivity contribution in [1.82, 2.24) is 4.90 Å². The van der Waals surface area contributed by atoms with E-state index in [-0.39, 0.29) is 0 Å². The number of rotatable bonds is 4. The van der Waals surface area contributed by atoms with Gasteiger partial charge in [0.05, 0.1) is 0 Å². The summed E-state index contributed by atoms with van der Waals surface area (Å²) < 4.78 is 1.83. The van der Waals surface area contributed by atoms with Crippen LogP contribution < -0.4 is 0 Å². The normalized spacial score (nSPS) is 17.3. The number of carbonyl (C=O) groups excluding carboxylic acids is 2. The predicted molar refractivity (Wildman–Crippen MR) is 91.3 cm³/mol. The summed E-state index contributed by atoms with van der Waals surface area (Å²) in [4.78, 5) is 25.3. The Morgan fingerprint density at radius 2 is 1.82 bits per heavy atom. The highest BCUT2D eigenvalue weighted by Gasteiger charge is 2.37. The molecule has 22 heavy (non-hydrogen) atoms. The fourth-order valence-electron chi connectivity index (χ4n) is 2.89. The van der Waals surface area contributed by atoms with Crippen molar-refractivity contribution in [3.8, 4) is 0 Å². The van der Waals surface area contributed by atoms with E-state index in [1.807, 2.05) is 47.4 Å². The Labute approximate surface area is 145 Å². The van der Waals surface area contributed by atoms with Gasteiger partial charge in [0, 0.05) is 22.0 Å². The van der Waals surface area contributed by atoms with Crippen molar-refractivity contribution in [3.05, 3.63) is 68.1 Å². The molecule has 0 fully saturated rings. The molecule has 0 radical (unpaired) electrons. The lowest BCUT2D eigenvalue weighted by Gasteiger charge is -2.22. The van der Waals surface area contributed by atoms with Gasteiger partial charge in [-0.05, 0) is 28.8 Å². The number of hydrogen-bond donors (Lipinski definition) is 0. The molecule has 1 aliphatic heterocycles. The zero-order valence-electron chi connectivity index (χ0n) is 11.6. The van der Waals surface area contributed by atoms with Gasteiger partial charge in [-0.2, -0.15) is 0 Å². The van der Waals surface area contributed by atoms with E-state index < -0.39 is 11.8 Å². The molecule has 0 aliphatic carbocycles. The quantitative estimate of drug-likeness (QED) is 0.551. The van der Waals surface area contributed by atoms with E-state index in [1.165, 1.54) is 0 Å². The molecule has 1 heterocycles. The van der Waals surface area contributed by atoms with Gasteiger partial charge in [-0.1, -0.05) is 62.2 Å². The SMILES string of the molecule is O=CC(=O)C1c2c(Br)ccc(Br)c2CN1Cc1ccccc1. The lowest BCUT2D eigenvalue weighted by molar-refractivity contribution is -0.133. The summed E-state index contributed by atoms with van der Waals surface area (Å²) in [5.41, 5.74) is 3.07. The molecular formula is C17H13Br2NO2. The highest BCUT2D eigenvalue weighted by atomic mass is 79.9. The van der Waals surface area contributed by atoms with Gasteiger partial charge in [0.15, 0.2) is 6.29 Å². The van der Waals surface area contributed by atoms with E-state index in [0.29, 0.717) is 19.4 Å². The molecule has 0 amide bonds. The number of halogens is 2. The van der Waals surface area contributed by atoms with Crippen molar-refractivity contribution < 1.29 is 9.59 Å². The number of ketones is 1. The average Bonchev–Trinajstić information content (AvgIpc) is 2.91. The van der Waals surface area contributed by atoms with Gasteiger partial charge in [-0.3, -0.25) is 14.5 Å². The molecule has 0 bridgehead atoms. The Morgan fingerprint density at radius 1 is 1.14 bits per heavy atom. The van der Waals surface area contributed by atoms with Crippen LogP contribution in [0.4, 0.5) is 0 Å². The molecule has 0 N–H and O–H groups in total. The van der Waals surface area contributed by atoms with Crippen molar-refractivity contribution in [2.45, 2.75) is 19.1 Å². The first kappa shape index (κ1) is 15.6. The van der Waals surface area contributed by atoms with E-state index in [4.69, 9.17) is 0 Å². The van der Waals surface area contributed by atoms with Gasteiger partial charge in [-0.25, -0.2) is 0 Å². The molecule has 3 rings (SSSR count). The van der Waals surface area contributed by atoms with Crippen LogP contribution in [0, 0.1) is 0 Å². The van der Waals surface area contributed by atoms with Crippen molar-refractivity contribution in [2.24, 2.45) is 0 Å². The Hall–Kier alpha value is -1.30. The molecule has 0 saturated carbocycles. The first-order valence-electron chi connectivity index (χ1n) is 6.85. The van der Waals surface area contributed by atoms with Gasteiger partial charge < -0.3 is 0 Å². The van der Waals surface area contributed by atoms with E-state index in [0.717, 1.165) is 25.6 Å². The molecule has 0 saturated heterocycles. The third-order valence-corrected chi connectivity index (χ3v) is 5.30. The molecule has 2 aromatic carbocycles. The number of benzene rings is 2. The molecule has 2 aromatic rings. The van der Waals surface area contributed by atoms with Crippen LogP contribution in [0.1, 0.15) is 22.7 Å². The second-order valence-electron chi connectivity index (χ2n) is 5.23. The van der Waals surface area contributed by atoms with Gasteiger partial charge in [0.25, 0.3) is 0 Å². The minimum absolute atomic E-state index is 0.409. The number of hydrogen-bond acceptors (Lipinski definition) is 3. The Kier molecular flexibility index (Phi) is 4.57. The average molecular weight is 423 g/mol. The molecule has 5 heteroatoms. The van der Waals surface area contributed by atoms with Crippen LogP contribution in [0.15, 0.2) is 51.4 Å². The van der Waals surface area contributed by atoms with Crippen LogP contribution in [-0.4, -0.2) is 17.0 Å². The van der Waals surface area contributed by atoms with Gasteiger partial charge in [-0.15, -0.1) is 0 Å². The van der Waals surface area contributed by atoms with Crippen LogP contribution in [0.3, 0.4) is 0 Å². The Bertz CT molecular complexity index is 731. The maximum atomic E-state index is 12.2. The van der Waals surface area contributed by atoms with Crippen LogP contribution >= 0.6 is 31.9 Å². The third-order valence-electron chi connectivity index (χ3n) is 3.86. The molecular weight excluding hydrogens is 410 g/mol. The monoisotopic (exact) mass is 421 g/mol. The number of Topliss-reactive ketones (excluding diaryl/α,β-unsaturated/α-hetero) is 1. The van der Waals surface area contributed by atoms with Gasteiger partial charge in [0.1, 0.15) is 6.04 Å². The number of carbonyl (C=O) groups is 2. The molecule has 1 aliphatic rings. The minimum atomic E-state index is -0.528. The maximum Gasteiger partial charge on any atom is 0.216 e. The molecule has 112 valence electrons. The molecule has 1 unspecified atom stereocenters. The fraction of sp³-hybridized carbons (Fsp3) is 0.176. The number of fused-ring (bicyclic) bond motifs is 1. The van der Waals surface area contributed by atoms with E-state index in [9.17, 15) is 9.59 Å². The largest absolute Gasteiger partial charge is 0.295 e. The van der Waals surface area contributed by atoms with Crippen LogP contribution in [0.2, 0.25) is 0 Å². The lowest BCUT2D eigenvalue weighted by Crippen LogP contribution is -2.28. The van der Waals surface area contributed by atoms with E-state index >= 15 is 0 Å². The second kappa shape index (κ2) is 6.44. The summed E-state index contributed by atoms with van der Waals surface area (Å²) in [6.07, 6.45) is 0.422. The van der Waals surface area contributed by atoms with Crippen molar-refractivity contribution in [3.63, 3.8) is 0 Å². The topological polar surface area (TPSA) is 37.4 Å². The highest BCUT2D eigenvalue weighted by molar-refractivity contribution is 9.11. The fourth-order valence-corrected chi connectivity index (χ4v) is 3.95. The first-order valence-corrected chi connectivity index (χ1v) is 8.44. The molecule has 3 nitrogen and oxygen atoms in total. The van der Waals surface area contributed by atoms with E-state index in [2.05, 4.69) is 31.9 Å². The van der Waals surface area contributed by atoms with Crippen LogP contribution in [-0.2, 0) is 22.7 Å². The zero-order valence-corrected chi connectivity index (χ0v) is 14.8. The summed E-state index contributed by atoms with van der Waals surface area (Å²) >= 11 is 7.06. The molecule has 0 aromatic heterocycles. The zero-order chi connectivity index (χ0) is 15.7.